The summed E-state index contributed by atoms with van der Waals surface area (Å²) >= 11 is 1.59. The van der Waals surface area contributed by atoms with E-state index in [-0.39, 0.29) is 11.8 Å². The lowest BCUT2D eigenvalue weighted by atomic mass is 10.0. The van der Waals surface area contributed by atoms with Gasteiger partial charge >= 0.3 is 5.97 Å². The van der Waals surface area contributed by atoms with E-state index < -0.39 is 12.0 Å². The Balaban J connectivity index is 1.58. The molecule has 0 radical (unpaired) electrons. The highest BCUT2D eigenvalue weighted by Crippen LogP contribution is 2.39. The van der Waals surface area contributed by atoms with Crippen LogP contribution in [0.2, 0.25) is 0 Å². The second kappa shape index (κ2) is 8.20. The van der Waals surface area contributed by atoms with Gasteiger partial charge in [-0.15, -0.1) is 21.5 Å². The number of carboxylic acids is 1. The Morgan fingerprint density at radius 2 is 2.07 bits per heavy atom. The summed E-state index contributed by atoms with van der Waals surface area (Å²) in [7, 11) is 0. The number of hydrogen-bond acceptors (Lipinski definition) is 7. The molecule has 1 unspecified atom stereocenters. The zero-order chi connectivity index (χ0) is 21.4. The number of fused-ring (bicyclic) bond motifs is 1. The van der Waals surface area contributed by atoms with Crippen LogP contribution in [0.15, 0.2) is 23.6 Å². The van der Waals surface area contributed by atoms with E-state index in [1.807, 2.05) is 42.3 Å². The van der Waals surface area contributed by atoms with Crippen molar-refractivity contribution in [3.05, 3.63) is 34.7 Å². The summed E-state index contributed by atoms with van der Waals surface area (Å²) in [6.45, 7) is 7.16. The van der Waals surface area contributed by atoms with Gasteiger partial charge in [0.1, 0.15) is 11.8 Å². The minimum atomic E-state index is -0.797. The zero-order valence-electron chi connectivity index (χ0n) is 17.3. The van der Waals surface area contributed by atoms with Gasteiger partial charge in [0, 0.05) is 28.2 Å². The zero-order valence-corrected chi connectivity index (χ0v) is 18.2. The molecule has 30 heavy (non-hydrogen) atoms. The minimum absolute atomic E-state index is 0.120. The van der Waals surface area contributed by atoms with Crippen LogP contribution in [0.3, 0.4) is 0 Å². The van der Waals surface area contributed by atoms with Gasteiger partial charge in [-0.1, -0.05) is 0 Å². The van der Waals surface area contributed by atoms with E-state index in [4.69, 9.17) is 0 Å². The van der Waals surface area contributed by atoms with Crippen LogP contribution in [0.4, 0.5) is 5.82 Å². The SMILES string of the molecule is Cc1c(N[C@@H]2CCCN(C(C)C(=O)O)C2)nnc(-c2ccc3sccc3c2O)c1C. The summed E-state index contributed by atoms with van der Waals surface area (Å²) in [6.07, 6.45) is 1.90. The number of carboxylic acid groups (broad SMARTS) is 1. The average Bonchev–Trinajstić information content (AvgIpc) is 3.22. The predicted octanol–water partition coefficient (Wildman–Crippen LogP) is 4.03. The quantitative estimate of drug-likeness (QED) is 0.566. The van der Waals surface area contributed by atoms with Crippen LogP contribution in [0.1, 0.15) is 30.9 Å². The highest BCUT2D eigenvalue weighted by Gasteiger charge is 2.28. The van der Waals surface area contributed by atoms with Crippen LogP contribution < -0.4 is 5.32 Å². The molecule has 0 spiro atoms. The average molecular weight is 427 g/mol. The molecular formula is C22H26N4O3S. The molecule has 1 aliphatic heterocycles. The van der Waals surface area contributed by atoms with E-state index in [0.717, 1.165) is 40.6 Å². The van der Waals surface area contributed by atoms with E-state index in [1.165, 1.54) is 0 Å². The fourth-order valence-corrected chi connectivity index (χ4v) is 4.83. The lowest BCUT2D eigenvalue weighted by Crippen LogP contribution is -2.49. The molecule has 1 aromatic carbocycles. The van der Waals surface area contributed by atoms with Crippen molar-refractivity contribution in [1.82, 2.24) is 15.1 Å². The Labute approximate surface area is 179 Å². The first kappa shape index (κ1) is 20.6. The molecule has 0 bridgehead atoms. The maximum Gasteiger partial charge on any atom is 0.320 e. The molecule has 3 heterocycles. The number of nitrogens with one attached hydrogen (secondary N) is 1. The van der Waals surface area contributed by atoms with E-state index in [1.54, 1.807) is 18.3 Å². The maximum atomic E-state index is 11.3. The van der Waals surface area contributed by atoms with Gasteiger partial charge in [0.2, 0.25) is 0 Å². The van der Waals surface area contributed by atoms with E-state index in [0.29, 0.717) is 23.6 Å². The van der Waals surface area contributed by atoms with Crippen molar-refractivity contribution in [2.75, 3.05) is 18.4 Å². The highest BCUT2D eigenvalue weighted by molar-refractivity contribution is 7.17. The molecule has 1 fully saturated rings. The van der Waals surface area contributed by atoms with Crippen LogP contribution >= 0.6 is 11.3 Å². The number of likely N-dealkylation sites (tertiary alicyclic amines) is 1. The number of rotatable bonds is 5. The highest BCUT2D eigenvalue weighted by atomic mass is 32.1. The number of anilines is 1. The molecule has 8 heteroatoms. The normalized spacial score (nSPS) is 18.4. The number of benzene rings is 1. The standard InChI is InChI=1S/C22H26N4O3S/c1-12-13(2)21(23-15-5-4-9-26(11-15)14(3)22(28)29)25-24-19(12)17-6-7-18-16(20(17)27)8-10-30-18/h6-8,10,14-15,27H,4-5,9,11H2,1-3H3,(H,23,25)(H,28,29)/t14?,15-/m1/s1. The van der Waals surface area contributed by atoms with Crippen molar-refractivity contribution in [2.24, 2.45) is 0 Å². The van der Waals surface area contributed by atoms with Gasteiger partial charge in [-0.05, 0) is 74.9 Å². The number of aliphatic carboxylic acids is 1. The molecule has 158 valence electrons. The monoisotopic (exact) mass is 426 g/mol. The summed E-state index contributed by atoms with van der Waals surface area (Å²) in [5, 5.41) is 35.1. The van der Waals surface area contributed by atoms with Crippen LogP contribution in [0, 0.1) is 13.8 Å². The molecule has 4 rings (SSSR count). The van der Waals surface area contributed by atoms with Crippen molar-refractivity contribution in [1.29, 1.82) is 0 Å². The van der Waals surface area contributed by atoms with Crippen LogP contribution in [-0.2, 0) is 4.79 Å². The Morgan fingerprint density at radius 3 is 2.83 bits per heavy atom. The molecule has 2 atom stereocenters. The molecule has 0 saturated carbocycles. The van der Waals surface area contributed by atoms with Crippen molar-refractivity contribution in [3.63, 3.8) is 0 Å². The van der Waals surface area contributed by atoms with Crippen molar-refractivity contribution >= 4 is 33.2 Å². The van der Waals surface area contributed by atoms with Gasteiger partial charge < -0.3 is 15.5 Å². The van der Waals surface area contributed by atoms with Gasteiger partial charge in [-0.2, -0.15) is 0 Å². The van der Waals surface area contributed by atoms with Crippen molar-refractivity contribution < 1.29 is 15.0 Å². The number of carbonyl (C=O) groups is 1. The Hall–Kier alpha value is -2.71. The summed E-state index contributed by atoms with van der Waals surface area (Å²) in [5.41, 5.74) is 3.30. The number of piperidine rings is 1. The maximum absolute atomic E-state index is 11.3. The van der Waals surface area contributed by atoms with Gasteiger partial charge in [-0.25, -0.2) is 0 Å². The number of aromatic nitrogens is 2. The summed E-state index contributed by atoms with van der Waals surface area (Å²) < 4.78 is 1.04. The number of phenols is 1. The lowest BCUT2D eigenvalue weighted by molar-refractivity contribution is -0.143. The van der Waals surface area contributed by atoms with Gasteiger partial charge in [0.05, 0.1) is 5.69 Å². The van der Waals surface area contributed by atoms with Crippen molar-refractivity contribution in [3.8, 4) is 17.0 Å². The molecule has 3 N–H and O–H groups in total. The molecule has 2 aromatic heterocycles. The Bertz CT molecular complexity index is 1100. The van der Waals surface area contributed by atoms with Crippen LogP contribution in [-0.4, -0.2) is 56.5 Å². The molecule has 1 aliphatic rings. The lowest BCUT2D eigenvalue weighted by Gasteiger charge is -2.35. The van der Waals surface area contributed by atoms with Crippen LogP contribution in [0.25, 0.3) is 21.3 Å². The summed E-state index contributed by atoms with van der Waals surface area (Å²) in [4.78, 5) is 13.3. The van der Waals surface area contributed by atoms with E-state index in [2.05, 4.69) is 15.5 Å². The van der Waals surface area contributed by atoms with E-state index >= 15 is 0 Å². The van der Waals surface area contributed by atoms with Crippen LogP contribution in [0.5, 0.6) is 5.75 Å². The van der Waals surface area contributed by atoms with E-state index in [9.17, 15) is 15.0 Å². The third-order valence-corrected chi connectivity index (χ3v) is 6.97. The molecule has 3 aromatic rings. The molecule has 0 amide bonds. The first-order chi connectivity index (χ1) is 14.4. The Morgan fingerprint density at radius 1 is 1.27 bits per heavy atom. The molecule has 1 saturated heterocycles. The Kier molecular flexibility index (Phi) is 5.62. The number of nitrogens with zero attached hydrogens (tertiary/aromatic N) is 3. The third kappa shape index (κ3) is 3.73. The number of thiophene rings is 1. The van der Waals surface area contributed by atoms with Gasteiger partial charge in [0.25, 0.3) is 0 Å². The largest absolute Gasteiger partial charge is 0.507 e. The summed E-state index contributed by atoms with van der Waals surface area (Å²) in [6, 6.07) is 5.43. The first-order valence-corrected chi connectivity index (χ1v) is 11.0. The molecule has 0 aliphatic carbocycles. The minimum Gasteiger partial charge on any atom is -0.507 e. The van der Waals surface area contributed by atoms with Gasteiger partial charge in [-0.3, -0.25) is 9.69 Å². The fraction of sp³-hybridized carbons (Fsp3) is 0.409. The topological polar surface area (TPSA) is 98.6 Å². The van der Waals surface area contributed by atoms with Gasteiger partial charge in [0.15, 0.2) is 5.82 Å². The number of hydrogen-bond donors (Lipinski definition) is 3. The van der Waals surface area contributed by atoms with Crippen molar-refractivity contribution in [2.45, 2.75) is 45.7 Å². The third-order valence-electron chi connectivity index (χ3n) is 6.08. The molecule has 7 nitrogen and oxygen atoms in total. The number of aromatic hydroxyl groups is 1. The first-order valence-electron chi connectivity index (χ1n) is 10.1. The fourth-order valence-electron chi connectivity index (χ4n) is 4.04. The second-order valence-corrected chi connectivity index (χ2v) is 8.88. The molecular weight excluding hydrogens is 400 g/mol. The smallest absolute Gasteiger partial charge is 0.320 e. The summed E-state index contributed by atoms with van der Waals surface area (Å²) in [5.74, 6) is 0.147. The second-order valence-electron chi connectivity index (χ2n) is 7.93. The number of phenolic OH excluding ortho intramolecular Hbond substituents is 1. The predicted molar refractivity (Wildman–Crippen MR) is 119 cm³/mol.